The Kier molecular flexibility index (Phi) is 6.46. The maximum absolute atomic E-state index is 11.7. The number of methoxy groups -OCH3 is 1. The molecule has 94 valence electrons. The van der Waals surface area contributed by atoms with Gasteiger partial charge in [-0.15, -0.1) is 0 Å². The van der Waals surface area contributed by atoms with Gasteiger partial charge in [0.15, 0.2) is 0 Å². The molecule has 0 amide bonds. The van der Waals surface area contributed by atoms with Crippen molar-refractivity contribution in [2.45, 2.75) is 13.3 Å². The predicted octanol–water partition coefficient (Wildman–Crippen LogP) is -0.513. The first-order valence-electron chi connectivity index (χ1n) is 4.66. The zero-order valence-corrected chi connectivity index (χ0v) is 10.9. The molecule has 0 saturated heterocycles. The molecule has 0 aliphatic heterocycles. The molecule has 0 heterocycles. The van der Waals surface area contributed by atoms with E-state index in [1.165, 1.54) is 7.11 Å². The molecular weight excluding hydrogens is 252 g/mol. The van der Waals surface area contributed by atoms with E-state index in [0.717, 1.165) is 4.31 Å². The fourth-order valence-electron chi connectivity index (χ4n) is 1.05. The Morgan fingerprint density at radius 3 is 2.44 bits per heavy atom. The number of carbonyl (C=O) groups is 1. The fourth-order valence-corrected chi connectivity index (χ4v) is 2.80. The van der Waals surface area contributed by atoms with Crippen LogP contribution in [0.15, 0.2) is 0 Å². The first kappa shape index (κ1) is 15.3. The molecule has 0 rings (SSSR count). The number of carbonyl (C=O) groups excluding carboxylic acids is 1. The van der Waals surface area contributed by atoms with Crippen LogP contribution in [0, 0.1) is 0 Å². The summed E-state index contributed by atoms with van der Waals surface area (Å²) in [6.07, 6.45) is 0.591. The van der Waals surface area contributed by atoms with Crippen LogP contribution in [-0.4, -0.2) is 49.6 Å². The number of hydrogen-bond donors (Lipinski definition) is 1. The molecule has 0 aromatic rings. The smallest absolute Gasteiger partial charge is 0.321 e. The minimum Gasteiger partial charge on any atom is -0.468 e. The van der Waals surface area contributed by atoms with E-state index in [9.17, 15) is 13.2 Å². The van der Waals surface area contributed by atoms with Crippen LogP contribution in [0.1, 0.15) is 13.3 Å². The predicted molar refractivity (Wildman–Crippen MR) is 64.5 cm³/mol. The lowest BCUT2D eigenvalue weighted by Crippen LogP contribution is -2.40. The molecule has 0 aliphatic rings. The number of thiocarbonyl (C=S) groups is 1. The number of esters is 1. The molecule has 0 aliphatic carbocycles. The number of nitrogens with two attached hydrogens (primary N) is 1. The maximum atomic E-state index is 11.7. The Hall–Kier alpha value is -0.730. The van der Waals surface area contributed by atoms with Crippen LogP contribution in [0.5, 0.6) is 0 Å². The third-order valence-corrected chi connectivity index (χ3v) is 3.83. The molecule has 0 bridgehead atoms. The minimum absolute atomic E-state index is 0.119. The fraction of sp³-hybridized carbons (Fsp3) is 0.750. The van der Waals surface area contributed by atoms with Gasteiger partial charge in [-0.3, -0.25) is 4.79 Å². The molecule has 0 fully saturated rings. The van der Waals surface area contributed by atoms with Gasteiger partial charge in [-0.1, -0.05) is 19.1 Å². The Morgan fingerprint density at radius 2 is 2.06 bits per heavy atom. The van der Waals surface area contributed by atoms with Crippen LogP contribution in [-0.2, 0) is 19.6 Å². The molecule has 0 radical (unpaired) electrons. The van der Waals surface area contributed by atoms with E-state index in [4.69, 9.17) is 5.73 Å². The van der Waals surface area contributed by atoms with Gasteiger partial charge in [0.2, 0.25) is 10.0 Å². The van der Waals surface area contributed by atoms with Crippen molar-refractivity contribution in [1.82, 2.24) is 4.31 Å². The van der Waals surface area contributed by atoms with Crippen molar-refractivity contribution < 1.29 is 17.9 Å². The van der Waals surface area contributed by atoms with E-state index in [1.807, 2.05) is 0 Å². The van der Waals surface area contributed by atoms with Crippen LogP contribution in [0.25, 0.3) is 0 Å². The standard InChI is InChI=1S/C8H16N2O4S2/c1-3-4-10(5-8(11)14-2)16(12,13)6-7(9)15/h3-6H2,1-2H3,(H2,9,15). The average Bonchev–Trinajstić information content (AvgIpc) is 2.14. The Bertz CT molecular complexity index is 353. The molecule has 6 nitrogen and oxygen atoms in total. The minimum atomic E-state index is -3.62. The number of nitrogens with zero attached hydrogens (tertiary/aromatic N) is 1. The Balaban J connectivity index is 4.75. The van der Waals surface area contributed by atoms with E-state index in [0.29, 0.717) is 6.42 Å². The van der Waals surface area contributed by atoms with Crippen molar-refractivity contribution in [1.29, 1.82) is 0 Å². The van der Waals surface area contributed by atoms with E-state index >= 15 is 0 Å². The summed E-state index contributed by atoms with van der Waals surface area (Å²) in [4.78, 5) is 10.9. The molecule has 16 heavy (non-hydrogen) atoms. The van der Waals surface area contributed by atoms with Crippen molar-refractivity contribution in [3.8, 4) is 0 Å². The lowest BCUT2D eigenvalue weighted by Gasteiger charge is -2.19. The molecule has 0 spiro atoms. The highest BCUT2D eigenvalue weighted by atomic mass is 32.2. The van der Waals surface area contributed by atoms with Crippen LogP contribution in [0.2, 0.25) is 0 Å². The summed E-state index contributed by atoms with van der Waals surface area (Å²) in [7, 11) is -2.42. The highest BCUT2D eigenvalue weighted by molar-refractivity contribution is 7.92. The van der Waals surface area contributed by atoms with Gasteiger partial charge in [0.1, 0.15) is 12.3 Å². The van der Waals surface area contributed by atoms with Crippen LogP contribution in [0.3, 0.4) is 0 Å². The molecule has 0 saturated carbocycles. The summed E-state index contributed by atoms with van der Waals surface area (Å²) in [5, 5.41) is 0. The zero-order chi connectivity index (χ0) is 12.8. The molecule has 8 heteroatoms. The summed E-state index contributed by atoms with van der Waals surface area (Å²) in [6.45, 7) is 1.73. The number of sulfonamides is 1. The molecule has 0 aromatic carbocycles. The van der Waals surface area contributed by atoms with Crippen molar-refractivity contribution >= 4 is 33.2 Å². The van der Waals surface area contributed by atoms with Crippen molar-refractivity contribution in [3.63, 3.8) is 0 Å². The van der Waals surface area contributed by atoms with Gasteiger partial charge in [-0.2, -0.15) is 4.31 Å². The van der Waals surface area contributed by atoms with Crippen molar-refractivity contribution in [2.24, 2.45) is 5.73 Å². The Morgan fingerprint density at radius 1 is 1.50 bits per heavy atom. The topological polar surface area (TPSA) is 89.7 Å². The molecule has 0 aromatic heterocycles. The summed E-state index contributed by atoms with van der Waals surface area (Å²) >= 11 is 4.54. The van der Waals surface area contributed by atoms with Gasteiger partial charge in [0, 0.05) is 6.54 Å². The quantitative estimate of drug-likeness (QED) is 0.494. The van der Waals surface area contributed by atoms with Gasteiger partial charge in [0.25, 0.3) is 0 Å². The second kappa shape index (κ2) is 6.77. The highest BCUT2D eigenvalue weighted by Gasteiger charge is 2.24. The van der Waals surface area contributed by atoms with Gasteiger partial charge in [0.05, 0.1) is 12.1 Å². The summed E-state index contributed by atoms with van der Waals surface area (Å²) in [5.41, 5.74) is 5.19. The SMILES string of the molecule is CCCN(CC(=O)OC)S(=O)(=O)CC(N)=S. The second-order valence-electron chi connectivity index (χ2n) is 3.13. The van der Waals surface area contributed by atoms with Crippen LogP contribution >= 0.6 is 12.2 Å². The third kappa shape index (κ3) is 5.38. The number of rotatable bonds is 7. The first-order chi connectivity index (χ1) is 7.33. The largest absolute Gasteiger partial charge is 0.468 e. The monoisotopic (exact) mass is 268 g/mol. The maximum Gasteiger partial charge on any atom is 0.321 e. The normalized spacial score (nSPS) is 11.4. The highest BCUT2D eigenvalue weighted by Crippen LogP contribution is 2.03. The lowest BCUT2D eigenvalue weighted by molar-refractivity contribution is -0.140. The summed E-state index contributed by atoms with van der Waals surface area (Å²) in [6, 6.07) is 0. The van der Waals surface area contributed by atoms with E-state index in [2.05, 4.69) is 17.0 Å². The Labute approximate surface area is 101 Å². The van der Waals surface area contributed by atoms with Crippen molar-refractivity contribution in [2.75, 3.05) is 26.0 Å². The van der Waals surface area contributed by atoms with Crippen LogP contribution in [0.4, 0.5) is 0 Å². The molecule has 0 atom stereocenters. The summed E-state index contributed by atoms with van der Waals surface area (Å²) in [5.74, 6) is -1.04. The van der Waals surface area contributed by atoms with Crippen molar-refractivity contribution in [3.05, 3.63) is 0 Å². The zero-order valence-electron chi connectivity index (χ0n) is 9.30. The lowest BCUT2D eigenvalue weighted by atomic mass is 10.5. The first-order valence-corrected chi connectivity index (χ1v) is 6.68. The van der Waals surface area contributed by atoms with Crippen LogP contribution < -0.4 is 5.73 Å². The van der Waals surface area contributed by atoms with Gasteiger partial charge < -0.3 is 10.5 Å². The van der Waals surface area contributed by atoms with E-state index < -0.39 is 21.7 Å². The van der Waals surface area contributed by atoms with Gasteiger partial charge in [-0.25, -0.2) is 8.42 Å². The van der Waals surface area contributed by atoms with Gasteiger partial charge in [-0.05, 0) is 6.42 Å². The number of hydrogen-bond acceptors (Lipinski definition) is 5. The molecule has 0 unspecified atom stereocenters. The van der Waals surface area contributed by atoms with E-state index in [1.54, 1.807) is 6.92 Å². The second-order valence-corrected chi connectivity index (χ2v) is 5.63. The molecular formula is C8H16N2O4S2. The summed E-state index contributed by atoms with van der Waals surface area (Å²) < 4.78 is 28.9. The van der Waals surface area contributed by atoms with E-state index in [-0.39, 0.29) is 18.1 Å². The molecule has 2 N–H and O–H groups in total. The number of ether oxygens (including phenoxy) is 1. The van der Waals surface area contributed by atoms with Gasteiger partial charge >= 0.3 is 5.97 Å². The average molecular weight is 268 g/mol. The third-order valence-electron chi connectivity index (χ3n) is 1.72.